The molecule has 0 aliphatic heterocycles. The molecule has 0 amide bonds. The van der Waals surface area contributed by atoms with Crippen molar-refractivity contribution in [1.82, 2.24) is 5.32 Å². The Labute approximate surface area is 99.8 Å². The van der Waals surface area contributed by atoms with E-state index in [0.717, 1.165) is 12.8 Å². The molecule has 0 radical (unpaired) electrons. The van der Waals surface area contributed by atoms with Gasteiger partial charge in [0.05, 0.1) is 0 Å². The average molecular weight is 248 g/mol. The molecule has 0 aromatic heterocycles. The van der Waals surface area contributed by atoms with Crippen molar-refractivity contribution in [1.29, 1.82) is 5.41 Å². The Kier molecular flexibility index (Phi) is 4.22. The highest BCUT2D eigenvalue weighted by molar-refractivity contribution is 6.02. The smallest absolute Gasteiger partial charge is 0.386 e. The molecule has 0 saturated carbocycles. The van der Waals surface area contributed by atoms with Gasteiger partial charge in [-0.3, -0.25) is 5.41 Å². The van der Waals surface area contributed by atoms with Crippen molar-refractivity contribution in [3.63, 3.8) is 0 Å². The van der Waals surface area contributed by atoms with Crippen LogP contribution in [-0.4, -0.2) is 17.9 Å². The first kappa shape index (κ1) is 14.1. The van der Waals surface area contributed by atoms with Crippen molar-refractivity contribution in [2.24, 2.45) is 5.92 Å². The summed E-state index contributed by atoms with van der Waals surface area (Å²) in [5.41, 5.74) is -0.439. The van der Waals surface area contributed by atoms with E-state index in [2.05, 4.69) is 5.32 Å². The Morgan fingerprint density at radius 2 is 2.00 bits per heavy atom. The van der Waals surface area contributed by atoms with Crippen molar-refractivity contribution < 1.29 is 13.2 Å². The molecule has 1 rings (SSSR count). The highest BCUT2D eigenvalue weighted by atomic mass is 19.4. The van der Waals surface area contributed by atoms with E-state index < -0.39 is 11.9 Å². The average Bonchev–Trinajstić information content (AvgIpc) is 2.18. The molecule has 2 N–H and O–H groups in total. The van der Waals surface area contributed by atoms with Crippen LogP contribution in [0.5, 0.6) is 0 Å². The monoisotopic (exact) mass is 248 g/mol. The third-order valence-corrected chi connectivity index (χ3v) is 2.91. The third kappa shape index (κ3) is 3.48. The maximum atomic E-state index is 12.6. The van der Waals surface area contributed by atoms with Crippen LogP contribution in [0.1, 0.15) is 40.0 Å². The van der Waals surface area contributed by atoms with Crippen LogP contribution in [0.3, 0.4) is 0 Å². The Morgan fingerprint density at radius 3 is 2.47 bits per heavy atom. The summed E-state index contributed by atoms with van der Waals surface area (Å²) >= 11 is 0. The van der Waals surface area contributed by atoms with Gasteiger partial charge in [-0.2, -0.15) is 13.2 Å². The molecule has 0 aromatic rings. The molecule has 0 aromatic carbocycles. The molecule has 98 valence electrons. The van der Waals surface area contributed by atoms with Crippen LogP contribution in [0.15, 0.2) is 11.3 Å². The number of hydrogen-bond donors (Lipinski definition) is 2. The minimum atomic E-state index is -4.55. The first-order valence-electron chi connectivity index (χ1n) is 5.89. The number of rotatable bonds is 3. The summed E-state index contributed by atoms with van der Waals surface area (Å²) in [4.78, 5) is 0. The summed E-state index contributed by atoms with van der Waals surface area (Å²) in [5.74, 6) is 0.0730. The second kappa shape index (κ2) is 5.10. The Hall–Kier alpha value is -1.00. The number of allylic oxidation sites excluding steroid dienone is 2. The standard InChI is InChI=1S/C12H19F3N2/c1-7(2)17-10-8(3)5-4-6-9(10)11(16)12(13,14)15/h7-8,16-17H,4-6H2,1-3H3. The lowest BCUT2D eigenvalue weighted by atomic mass is 9.85. The van der Waals surface area contributed by atoms with Crippen LogP contribution >= 0.6 is 0 Å². The van der Waals surface area contributed by atoms with Crippen molar-refractivity contribution in [2.45, 2.75) is 52.3 Å². The molecule has 0 bridgehead atoms. The molecular formula is C12H19F3N2. The normalized spacial score (nSPS) is 21.9. The molecule has 0 fully saturated rings. The van der Waals surface area contributed by atoms with Crippen LogP contribution in [0, 0.1) is 11.3 Å². The van der Waals surface area contributed by atoms with Crippen LogP contribution in [0.4, 0.5) is 13.2 Å². The molecule has 1 aliphatic carbocycles. The quantitative estimate of drug-likeness (QED) is 0.735. The maximum Gasteiger partial charge on any atom is 0.432 e. The Balaban J connectivity index is 3.07. The van der Waals surface area contributed by atoms with Gasteiger partial charge in [-0.1, -0.05) is 6.92 Å². The zero-order valence-electron chi connectivity index (χ0n) is 10.4. The van der Waals surface area contributed by atoms with Gasteiger partial charge in [0.2, 0.25) is 0 Å². The molecule has 0 saturated heterocycles. The Bertz CT molecular complexity index is 329. The summed E-state index contributed by atoms with van der Waals surface area (Å²) < 4.78 is 37.8. The van der Waals surface area contributed by atoms with Crippen molar-refractivity contribution in [3.05, 3.63) is 11.3 Å². The van der Waals surface area contributed by atoms with Gasteiger partial charge >= 0.3 is 6.18 Å². The van der Waals surface area contributed by atoms with E-state index in [9.17, 15) is 13.2 Å². The fraction of sp³-hybridized carbons (Fsp3) is 0.750. The lowest BCUT2D eigenvalue weighted by molar-refractivity contribution is -0.0592. The van der Waals surface area contributed by atoms with Gasteiger partial charge in [-0.05, 0) is 39.0 Å². The first-order valence-corrected chi connectivity index (χ1v) is 5.89. The topological polar surface area (TPSA) is 35.9 Å². The molecule has 0 spiro atoms. The van der Waals surface area contributed by atoms with Gasteiger partial charge in [0.25, 0.3) is 0 Å². The number of alkyl halides is 3. The fourth-order valence-electron chi connectivity index (χ4n) is 2.13. The van der Waals surface area contributed by atoms with Gasteiger partial charge in [-0.25, -0.2) is 0 Å². The molecule has 1 atom stereocenters. The van der Waals surface area contributed by atoms with Gasteiger partial charge in [0, 0.05) is 17.3 Å². The summed E-state index contributed by atoms with van der Waals surface area (Å²) in [6.07, 6.45) is -2.60. The highest BCUT2D eigenvalue weighted by Gasteiger charge is 2.39. The second-order valence-electron chi connectivity index (χ2n) is 4.86. The van der Waals surface area contributed by atoms with Gasteiger partial charge in [0.1, 0.15) is 5.71 Å². The van der Waals surface area contributed by atoms with Crippen LogP contribution < -0.4 is 5.32 Å². The van der Waals surface area contributed by atoms with E-state index in [-0.39, 0.29) is 17.5 Å². The molecule has 17 heavy (non-hydrogen) atoms. The van der Waals surface area contributed by atoms with E-state index in [1.807, 2.05) is 20.8 Å². The minimum absolute atomic E-state index is 0.0730. The number of nitrogens with one attached hydrogen (secondary N) is 2. The summed E-state index contributed by atoms with van der Waals surface area (Å²) in [6, 6.07) is 0.0848. The summed E-state index contributed by atoms with van der Waals surface area (Å²) in [5, 5.41) is 10.3. The molecule has 5 heteroatoms. The molecule has 2 nitrogen and oxygen atoms in total. The SMILES string of the molecule is CC(C)NC1=C(C(=N)C(F)(F)F)CCCC1C. The van der Waals surface area contributed by atoms with Crippen LogP contribution in [0.25, 0.3) is 0 Å². The molecular weight excluding hydrogens is 229 g/mol. The fourth-order valence-corrected chi connectivity index (χ4v) is 2.13. The van der Waals surface area contributed by atoms with Crippen LogP contribution in [0.2, 0.25) is 0 Å². The molecule has 0 heterocycles. The van der Waals surface area contributed by atoms with E-state index in [4.69, 9.17) is 5.41 Å². The van der Waals surface area contributed by atoms with E-state index in [1.54, 1.807) is 0 Å². The lowest BCUT2D eigenvalue weighted by Crippen LogP contribution is -2.34. The van der Waals surface area contributed by atoms with Crippen molar-refractivity contribution >= 4 is 5.71 Å². The minimum Gasteiger partial charge on any atom is -0.386 e. The van der Waals surface area contributed by atoms with Gasteiger partial charge < -0.3 is 5.32 Å². The predicted molar refractivity (Wildman–Crippen MR) is 62.1 cm³/mol. The highest BCUT2D eigenvalue weighted by Crippen LogP contribution is 2.33. The first-order chi connectivity index (χ1) is 7.73. The van der Waals surface area contributed by atoms with Gasteiger partial charge in [-0.15, -0.1) is 0 Å². The van der Waals surface area contributed by atoms with Crippen molar-refractivity contribution in [3.8, 4) is 0 Å². The maximum absolute atomic E-state index is 12.6. The van der Waals surface area contributed by atoms with E-state index >= 15 is 0 Å². The second-order valence-corrected chi connectivity index (χ2v) is 4.86. The Morgan fingerprint density at radius 1 is 1.41 bits per heavy atom. The summed E-state index contributed by atoms with van der Waals surface area (Å²) in [7, 11) is 0. The van der Waals surface area contributed by atoms with Gasteiger partial charge in [0.15, 0.2) is 0 Å². The predicted octanol–water partition coefficient (Wildman–Crippen LogP) is 3.64. The third-order valence-electron chi connectivity index (χ3n) is 2.91. The van der Waals surface area contributed by atoms with E-state index in [0.29, 0.717) is 12.1 Å². The molecule has 1 unspecified atom stereocenters. The number of hydrogen-bond acceptors (Lipinski definition) is 2. The number of halogens is 3. The molecule has 1 aliphatic rings. The van der Waals surface area contributed by atoms with Crippen LogP contribution in [-0.2, 0) is 0 Å². The van der Waals surface area contributed by atoms with Crippen molar-refractivity contribution in [2.75, 3.05) is 0 Å². The zero-order chi connectivity index (χ0) is 13.2. The largest absolute Gasteiger partial charge is 0.432 e. The zero-order valence-corrected chi connectivity index (χ0v) is 10.4. The van der Waals surface area contributed by atoms with E-state index in [1.165, 1.54) is 0 Å². The summed E-state index contributed by atoms with van der Waals surface area (Å²) in [6.45, 7) is 5.69. The lowest BCUT2D eigenvalue weighted by Gasteiger charge is -2.29.